The van der Waals surface area contributed by atoms with E-state index in [2.05, 4.69) is 5.32 Å². The van der Waals surface area contributed by atoms with Crippen LogP contribution in [-0.4, -0.2) is 34.7 Å². The third kappa shape index (κ3) is 5.27. The van der Waals surface area contributed by atoms with Crippen LogP contribution in [0.2, 0.25) is 10.0 Å². The fourth-order valence-corrected chi connectivity index (χ4v) is 1.87. The molecule has 2 amide bonds. The summed E-state index contributed by atoms with van der Waals surface area (Å²) in [5, 5.41) is 13.3. The lowest BCUT2D eigenvalue weighted by atomic mass is 10.1. The van der Waals surface area contributed by atoms with Crippen LogP contribution in [0.15, 0.2) is 18.2 Å². The van der Waals surface area contributed by atoms with Crippen molar-refractivity contribution in [3.8, 4) is 0 Å². The van der Waals surface area contributed by atoms with Gasteiger partial charge in [-0.2, -0.15) is 0 Å². The van der Waals surface area contributed by atoms with Gasteiger partial charge in [-0.15, -0.1) is 0 Å². The molecule has 1 aromatic carbocycles. The van der Waals surface area contributed by atoms with E-state index in [1.165, 1.54) is 4.90 Å². The molecule has 0 aromatic heterocycles. The highest BCUT2D eigenvalue weighted by atomic mass is 35.5. The highest BCUT2D eigenvalue weighted by molar-refractivity contribution is 6.42. The van der Waals surface area contributed by atoms with E-state index in [4.69, 9.17) is 23.2 Å². The Kier molecular flexibility index (Phi) is 5.47. The number of carbonyl (C=O) groups is 1. The molecule has 19 heavy (non-hydrogen) atoms. The summed E-state index contributed by atoms with van der Waals surface area (Å²) in [7, 11) is 0. The predicted octanol–water partition coefficient (Wildman–Crippen LogP) is 3.62. The van der Waals surface area contributed by atoms with Gasteiger partial charge in [0.15, 0.2) is 0 Å². The Morgan fingerprint density at radius 3 is 2.47 bits per heavy atom. The normalized spacial score (nSPS) is 11.3. The average molecular weight is 305 g/mol. The summed E-state index contributed by atoms with van der Waals surface area (Å²) in [5.41, 5.74) is -0.376. The van der Waals surface area contributed by atoms with E-state index in [1.54, 1.807) is 32.0 Å². The Hall–Kier alpha value is -0.970. The molecule has 1 rings (SSSR count). The molecule has 0 saturated carbocycles. The van der Waals surface area contributed by atoms with Crippen LogP contribution in [0.3, 0.4) is 0 Å². The molecule has 0 spiro atoms. The fourth-order valence-electron chi connectivity index (χ4n) is 1.57. The molecule has 0 bridgehead atoms. The zero-order chi connectivity index (χ0) is 14.6. The number of nitrogens with zero attached hydrogens (tertiary/aromatic N) is 1. The molecule has 0 aliphatic rings. The van der Waals surface area contributed by atoms with Crippen molar-refractivity contribution >= 4 is 34.9 Å². The summed E-state index contributed by atoms with van der Waals surface area (Å²) in [6, 6.07) is 4.58. The number of halogens is 2. The van der Waals surface area contributed by atoms with Crippen molar-refractivity contribution in [2.24, 2.45) is 0 Å². The van der Waals surface area contributed by atoms with Crippen LogP contribution >= 0.6 is 23.2 Å². The summed E-state index contributed by atoms with van der Waals surface area (Å²) in [6.07, 6.45) is 0. The van der Waals surface area contributed by atoms with E-state index in [-0.39, 0.29) is 12.6 Å². The van der Waals surface area contributed by atoms with Gasteiger partial charge in [0.05, 0.1) is 22.2 Å². The lowest BCUT2D eigenvalue weighted by Gasteiger charge is -2.28. The smallest absolute Gasteiger partial charge is 0.321 e. The maximum absolute atomic E-state index is 12.0. The number of hydrogen-bond acceptors (Lipinski definition) is 2. The fraction of sp³-hybridized carbons (Fsp3) is 0.462. The minimum atomic E-state index is -0.939. The second-order valence-corrected chi connectivity index (χ2v) is 5.70. The first-order chi connectivity index (χ1) is 8.73. The average Bonchev–Trinajstić information content (AvgIpc) is 2.29. The van der Waals surface area contributed by atoms with Crippen molar-refractivity contribution in [2.75, 3.05) is 18.4 Å². The topological polar surface area (TPSA) is 52.6 Å². The molecule has 0 fully saturated rings. The van der Waals surface area contributed by atoms with Crippen molar-refractivity contribution in [1.82, 2.24) is 4.90 Å². The van der Waals surface area contributed by atoms with Gasteiger partial charge in [-0.3, -0.25) is 0 Å². The van der Waals surface area contributed by atoms with Gasteiger partial charge < -0.3 is 15.3 Å². The third-order valence-electron chi connectivity index (χ3n) is 2.42. The molecule has 4 nitrogen and oxygen atoms in total. The minimum absolute atomic E-state index is 0.247. The van der Waals surface area contributed by atoms with Gasteiger partial charge in [0.1, 0.15) is 0 Å². The number of urea groups is 1. The molecular formula is C13H18Cl2N2O2. The van der Waals surface area contributed by atoms with E-state index in [1.807, 2.05) is 6.92 Å². The van der Waals surface area contributed by atoms with E-state index in [9.17, 15) is 9.90 Å². The number of amides is 2. The molecule has 106 valence electrons. The molecule has 0 unspecified atom stereocenters. The van der Waals surface area contributed by atoms with Gasteiger partial charge in [-0.1, -0.05) is 23.2 Å². The Morgan fingerprint density at radius 2 is 2.00 bits per heavy atom. The van der Waals surface area contributed by atoms with Crippen molar-refractivity contribution in [2.45, 2.75) is 26.4 Å². The predicted molar refractivity (Wildman–Crippen MR) is 79.0 cm³/mol. The second-order valence-electron chi connectivity index (χ2n) is 4.89. The van der Waals surface area contributed by atoms with E-state index < -0.39 is 5.60 Å². The summed E-state index contributed by atoms with van der Waals surface area (Å²) in [5.74, 6) is 0. The monoisotopic (exact) mass is 304 g/mol. The van der Waals surface area contributed by atoms with Crippen LogP contribution in [0.4, 0.5) is 10.5 Å². The summed E-state index contributed by atoms with van der Waals surface area (Å²) >= 11 is 11.7. The van der Waals surface area contributed by atoms with E-state index >= 15 is 0 Å². The van der Waals surface area contributed by atoms with Crippen LogP contribution in [0.5, 0.6) is 0 Å². The number of hydrogen-bond donors (Lipinski definition) is 2. The largest absolute Gasteiger partial charge is 0.389 e. The molecule has 0 aliphatic heterocycles. The lowest BCUT2D eigenvalue weighted by Crippen LogP contribution is -2.44. The molecule has 0 atom stereocenters. The van der Waals surface area contributed by atoms with Crippen molar-refractivity contribution < 1.29 is 9.90 Å². The van der Waals surface area contributed by atoms with Gasteiger partial charge in [0.25, 0.3) is 0 Å². The van der Waals surface area contributed by atoms with Gasteiger partial charge in [0, 0.05) is 12.2 Å². The zero-order valence-corrected chi connectivity index (χ0v) is 12.7. The van der Waals surface area contributed by atoms with Crippen LogP contribution in [0.1, 0.15) is 20.8 Å². The number of anilines is 1. The first-order valence-corrected chi connectivity index (χ1v) is 6.72. The van der Waals surface area contributed by atoms with Crippen molar-refractivity contribution in [3.63, 3.8) is 0 Å². The molecule has 0 saturated heterocycles. The molecule has 2 N–H and O–H groups in total. The quantitative estimate of drug-likeness (QED) is 0.892. The highest BCUT2D eigenvalue weighted by Crippen LogP contribution is 2.25. The van der Waals surface area contributed by atoms with Gasteiger partial charge in [-0.05, 0) is 39.0 Å². The molecule has 1 aromatic rings. The van der Waals surface area contributed by atoms with Crippen LogP contribution in [0, 0.1) is 0 Å². The highest BCUT2D eigenvalue weighted by Gasteiger charge is 2.21. The summed E-state index contributed by atoms with van der Waals surface area (Å²) < 4.78 is 0. The molecule has 0 heterocycles. The Bertz CT molecular complexity index is 458. The van der Waals surface area contributed by atoms with E-state index in [0.29, 0.717) is 22.3 Å². The van der Waals surface area contributed by atoms with Gasteiger partial charge in [0.2, 0.25) is 0 Å². The molecular weight excluding hydrogens is 287 g/mol. The minimum Gasteiger partial charge on any atom is -0.389 e. The SMILES string of the molecule is CCN(CC(C)(C)O)C(=O)Nc1ccc(Cl)c(Cl)c1. The maximum atomic E-state index is 12.0. The van der Waals surface area contributed by atoms with Crippen LogP contribution in [-0.2, 0) is 0 Å². The van der Waals surface area contributed by atoms with Gasteiger partial charge in [-0.25, -0.2) is 4.79 Å². The standard InChI is InChI=1S/C13H18Cl2N2O2/c1-4-17(8-13(2,3)19)12(18)16-9-5-6-10(14)11(15)7-9/h5-7,19H,4,8H2,1-3H3,(H,16,18). The Morgan fingerprint density at radius 1 is 1.37 bits per heavy atom. The number of nitrogens with one attached hydrogen (secondary N) is 1. The maximum Gasteiger partial charge on any atom is 0.321 e. The number of aliphatic hydroxyl groups is 1. The summed E-state index contributed by atoms with van der Waals surface area (Å²) in [4.78, 5) is 13.6. The first kappa shape index (κ1) is 16.1. The number of likely N-dealkylation sites (N-methyl/N-ethyl adjacent to an activating group) is 1. The Labute approximate surface area is 123 Å². The van der Waals surface area contributed by atoms with E-state index in [0.717, 1.165) is 0 Å². The number of rotatable bonds is 4. The molecule has 0 aliphatic carbocycles. The van der Waals surface area contributed by atoms with Crippen LogP contribution < -0.4 is 5.32 Å². The molecule has 6 heteroatoms. The number of carbonyl (C=O) groups excluding carboxylic acids is 1. The van der Waals surface area contributed by atoms with Crippen molar-refractivity contribution in [3.05, 3.63) is 28.2 Å². The Balaban J connectivity index is 2.74. The zero-order valence-electron chi connectivity index (χ0n) is 11.2. The van der Waals surface area contributed by atoms with Gasteiger partial charge >= 0.3 is 6.03 Å². The first-order valence-electron chi connectivity index (χ1n) is 5.96. The number of benzene rings is 1. The summed E-state index contributed by atoms with van der Waals surface area (Å²) in [6.45, 7) is 5.90. The second kappa shape index (κ2) is 6.46. The third-order valence-corrected chi connectivity index (χ3v) is 3.16. The van der Waals surface area contributed by atoms with Crippen molar-refractivity contribution in [1.29, 1.82) is 0 Å². The molecule has 0 radical (unpaired) electrons. The lowest BCUT2D eigenvalue weighted by molar-refractivity contribution is 0.0501. The van der Waals surface area contributed by atoms with Crippen LogP contribution in [0.25, 0.3) is 0 Å².